The lowest BCUT2D eigenvalue weighted by Gasteiger charge is -2.51. The minimum Gasteiger partial charge on any atom is -0.466 e. The van der Waals surface area contributed by atoms with Crippen molar-refractivity contribution in [2.45, 2.75) is 57.2 Å². The maximum Gasteiger partial charge on any atom is 0.346 e. The van der Waals surface area contributed by atoms with Crippen molar-refractivity contribution in [1.82, 2.24) is 5.16 Å². The molecule has 2 aromatic rings. The molecular formula is C24H32N3O6+. The Balaban J connectivity index is 1.28. The van der Waals surface area contributed by atoms with Gasteiger partial charge in [0.05, 0.1) is 19.4 Å². The van der Waals surface area contributed by atoms with Crippen LogP contribution in [0.15, 0.2) is 33.4 Å². The number of piperidine rings is 3. The van der Waals surface area contributed by atoms with Gasteiger partial charge in [-0.15, -0.1) is 0 Å². The van der Waals surface area contributed by atoms with Crippen molar-refractivity contribution in [2.24, 2.45) is 11.8 Å². The first kappa shape index (κ1) is 22.2. The predicted octanol–water partition coefficient (Wildman–Crippen LogP) is 2.74. The lowest BCUT2D eigenvalue weighted by atomic mass is 9.81. The van der Waals surface area contributed by atoms with E-state index in [2.05, 4.69) is 10.5 Å². The van der Waals surface area contributed by atoms with Crippen LogP contribution >= 0.6 is 0 Å². The number of hydrogen-bond acceptors (Lipinski definition) is 7. The fourth-order valence-corrected chi connectivity index (χ4v) is 6.02. The number of aryl methyl sites for hydroxylation is 1. The third-order valence-electron chi connectivity index (χ3n) is 7.83. The van der Waals surface area contributed by atoms with Crippen LogP contribution < -0.4 is 5.32 Å². The van der Waals surface area contributed by atoms with E-state index < -0.39 is 11.6 Å². The monoisotopic (exact) mass is 458 g/mol. The molecule has 1 amide bonds. The largest absolute Gasteiger partial charge is 0.466 e. The average Bonchev–Trinajstić information content (AvgIpc) is 3.57. The summed E-state index contributed by atoms with van der Waals surface area (Å²) in [5.74, 6) is 0.583. The van der Waals surface area contributed by atoms with Gasteiger partial charge >= 0.3 is 5.97 Å². The number of anilines is 1. The maximum atomic E-state index is 13.4. The van der Waals surface area contributed by atoms with Crippen LogP contribution in [0.4, 0.5) is 5.82 Å². The Kier molecular flexibility index (Phi) is 5.78. The van der Waals surface area contributed by atoms with Crippen LogP contribution in [0, 0.1) is 18.8 Å². The number of quaternary nitrogens is 1. The van der Waals surface area contributed by atoms with Crippen molar-refractivity contribution in [3.63, 3.8) is 0 Å². The molecule has 9 nitrogen and oxygen atoms in total. The molecule has 2 N–H and O–H groups in total. The molecule has 2 aromatic heterocycles. The van der Waals surface area contributed by atoms with Crippen LogP contribution in [-0.4, -0.2) is 58.9 Å². The minimum absolute atomic E-state index is 0.133. The van der Waals surface area contributed by atoms with Gasteiger partial charge in [-0.05, 0) is 31.9 Å². The van der Waals surface area contributed by atoms with Gasteiger partial charge in [0.2, 0.25) is 5.60 Å². The number of carbonyl (C=O) groups excluding carboxylic acids is 2. The number of furan rings is 1. The van der Waals surface area contributed by atoms with E-state index in [0.29, 0.717) is 22.6 Å². The molecule has 3 aliphatic heterocycles. The fourth-order valence-electron chi connectivity index (χ4n) is 6.02. The standard InChI is InChI=1S/C24H31N3O6/c1-16-13-21(26-33-16)25-22(28)15-27-10-8-17(9-11-27)19(14-27)32-23(29)24(30,18-5-2-3-6-18)20-7-4-12-31-20/h4,7,12-13,17-19,30H,2-3,5-6,8-11,14-15H2,1H3/p+1/t17?,19?,24-,27?/m1/s1. The van der Waals surface area contributed by atoms with E-state index in [1.807, 2.05) is 0 Å². The van der Waals surface area contributed by atoms with Gasteiger partial charge in [-0.3, -0.25) is 4.79 Å². The minimum atomic E-state index is -1.76. The molecule has 33 heavy (non-hydrogen) atoms. The first-order chi connectivity index (χ1) is 15.9. The Labute approximate surface area is 192 Å². The number of aromatic nitrogens is 1. The summed E-state index contributed by atoms with van der Waals surface area (Å²) in [6.07, 6.45) is 6.41. The highest BCUT2D eigenvalue weighted by Crippen LogP contribution is 2.43. The second kappa shape index (κ2) is 8.61. The molecule has 178 valence electrons. The highest BCUT2D eigenvalue weighted by molar-refractivity contribution is 5.90. The van der Waals surface area contributed by atoms with Crippen molar-refractivity contribution in [2.75, 3.05) is 31.5 Å². The third-order valence-corrected chi connectivity index (χ3v) is 7.83. The van der Waals surface area contributed by atoms with Gasteiger partial charge in [0, 0.05) is 30.7 Å². The first-order valence-corrected chi connectivity index (χ1v) is 11.9. The molecule has 0 spiro atoms. The zero-order chi connectivity index (χ0) is 23.1. The number of amides is 1. The zero-order valence-corrected chi connectivity index (χ0v) is 19.0. The Morgan fingerprint density at radius 2 is 2.03 bits per heavy atom. The van der Waals surface area contributed by atoms with Crippen molar-refractivity contribution >= 4 is 17.7 Å². The SMILES string of the molecule is Cc1cc(NC(=O)C[N+]23CCC(CC2)C(OC(=O)[C@](O)(c2ccco2)C2CCCC2)C3)no1. The van der Waals surface area contributed by atoms with E-state index in [-0.39, 0.29) is 36.2 Å². The summed E-state index contributed by atoms with van der Waals surface area (Å²) in [6.45, 7) is 4.37. The molecule has 3 saturated heterocycles. The van der Waals surface area contributed by atoms with E-state index in [0.717, 1.165) is 51.6 Å². The number of nitrogens with zero attached hydrogens (tertiary/aromatic N) is 2. The second-order valence-corrected chi connectivity index (χ2v) is 10.0. The van der Waals surface area contributed by atoms with Crippen LogP contribution in [0.25, 0.3) is 0 Å². The molecular weight excluding hydrogens is 426 g/mol. The zero-order valence-electron chi connectivity index (χ0n) is 19.0. The Bertz CT molecular complexity index is 988. The lowest BCUT2D eigenvalue weighted by molar-refractivity contribution is -0.939. The van der Waals surface area contributed by atoms with Crippen LogP contribution in [-0.2, 0) is 19.9 Å². The van der Waals surface area contributed by atoms with Gasteiger partial charge in [0.15, 0.2) is 18.5 Å². The number of ether oxygens (including phenoxy) is 1. The third kappa shape index (κ3) is 4.19. The maximum absolute atomic E-state index is 13.4. The van der Waals surface area contributed by atoms with Crippen LogP contribution in [0.5, 0.6) is 0 Å². The van der Waals surface area contributed by atoms with Crippen molar-refractivity contribution in [1.29, 1.82) is 0 Å². The van der Waals surface area contributed by atoms with E-state index >= 15 is 0 Å². The molecule has 5 heterocycles. The molecule has 0 aromatic carbocycles. The Hall–Kier alpha value is -2.65. The van der Waals surface area contributed by atoms with Gasteiger partial charge in [0.25, 0.3) is 5.91 Å². The number of esters is 1. The molecule has 6 rings (SSSR count). The number of aliphatic hydroxyl groups is 1. The number of hydrogen-bond donors (Lipinski definition) is 2. The second-order valence-electron chi connectivity index (χ2n) is 10.0. The normalized spacial score (nSPS) is 29.0. The Morgan fingerprint density at radius 3 is 2.67 bits per heavy atom. The van der Waals surface area contributed by atoms with Gasteiger partial charge < -0.3 is 28.6 Å². The summed E-state index contributed by atoms with van der Waals surface area (Å²) in [5.41, 5.74) is -1.76. The average molecular weight is 459 g/mol. The summed E-state index contributed by atoms with van der Waals surface area (Å²) in [5, 5.41) is 18.2. The van der Waals surface area contributed by atoms with Crippen LogP contribution in [0.3, 0.4) is 0 Å². The van der Waals surface area contributed by atoms with Crippen LogP contribution in [0.1, 0.15) is 50.0 Å². The Morgan fingerprint density at radius 1 is 1.27 bits per heavy atom. The van der Waals surface area contributed by atoms with Crippen molar-refractivity contribution in [3.05, 3.63) is 36.0 Å². The molecule has 2 bridgehead atoms. The summed E-state index contributed by atoms with van der Waals surface area (Å²) in [4.78, 5) is 26.1. The summed E-state index contributed by atoms with van der Waals surface area (Å²) in [6, 6.07) is 5.02. The summed E-state index contributed by atoms with van der Waals surface area (Å²) in [7, 11) is 0. The van der Waals surface area contributed by atoms with Gasteiger partial charge in [-0.1, -0.05) is 18.0 Å². The molecule has 0 radical (unpaired) electrons. The summed E-state index contributed by atoms with van der Waals surface area (Å²) >= 11 is 0. The topological polar surface area (TPSA) is 115 Å². The number of nitrogens with one attached hydrogen (secondary N) is 1. The van der Waals surface area contributed by atoms with E-state index in [1.165, 1.54) is 6.26 Å². The summed E-state index contributed by atoms with van der Waals surface area (Å²) < 4.78 is 17.1. The van der Waals surface area contributed by atoms with Crippen molar-refractivity contribution < 1.29 is 32.9 Å². The number of carbonyl (C=O) groups is 2. The van der Waals surface area contributed by atoms with Crippen molar-refractivity contribution in [3.8, 4) is 0 Å². The molecule has 4 fully saturated rings. The molecule has 1 unspecified atom stereocenters. The van der Waals surface area contributed by atoms with E-state index in [4.69, 9.17) is 13.7 Å². The molecule has 1 aliphatic carbocycles. The van der Waals surface area contributed by atoms with Gasteiger partial charge in [0.1, 0.15) is 18.1 Å². The van der Waals surface area contributed by atoms with E-state index in [1.54, 1.807) is 25.1 Å². The highest BCUT2D eigenvalue weighted by Gasteiger charge is 2.54. The predicted molar refractivity (Wildman–Crippen MR) is 117 cm³/mol. The first-order valence-electron chi connectivity index (χ1n) is 11.9. The quantitative estimate of drug-likeness (QED) is 0.484. The highest BCUT2D eigenvalue weighted by atomic mass is 16.6. The van der Waals surface area contributed by atoms with Gasteiger partial charge in [-0.2, -0.15) is 0 Å². The van der Waals surface area contributed by atoms with E-state index in [9.17, 15) is 14.7 Å². The molecule has 9 heteroatoms. The fraction of sp³-hybridized carbons (Fsp3) is 0.625. The molecule has 2 atom stereocenters. The van der Waals surface area contributed by atoms with Gasteiger partial charge in [-0.25, -0.2) is 4.79 Å². The molecule has 4 aliphatic rings. The molecule has 1 saturated carbocycles. The van der Waals surface area contributed by atoms with Crippen LogP contribution in [0.2, 0.25) is 0 Å². The lowest BCUT2D eigenvalue weighted by Crippen LogP contribution is -2.66. The number of fused-ring (bicyclic) bond motifs is 3. The smallest absolute Gasteiger partial charge is 0.346 e. The number of rotatable bonds is 7.